The van der Waals surface area contributed by atoms with Crippen molar-refractivity contribution in [3.8, 4) is 11.5 Å². The van der Waals surface area contributed by atoms with E-state index in [2.05, 4.69) is 26.6 Å². The molecule has 1 amide bonds. The lowest BCUT2D eigenvalue weighted by Crippen LogP contribution is -2.41. The summed E-state index contributed by atoms with van der Waals surface area (Å²) in [5.74, 6) is 0.0584. The van der Waals surface area contributed by atoms with Crippen molar-refractivity contribution in [1.29, 1.82) is 0 Å². The summed E-state index contributed by atoms with van der Waals surface area (Å²) >= 11 is 3.20. The van der Waals surface area contributed by atoms with Gasteiger partial charge in [-0.2, -0.15) is 13.2 Å². The van der Waals surface area contributed by atoms with Gasteiger partial charge in [0, 0.05) is 5.69 Å². The molecule has 0 aliphatic carbocycles. The molecule has 9 heteroatoms. The third-order valence-corrected chi connectivity index (χ3v) is 4.27. The summed E-state index contributed by atoms with van der Waals surface area (Å²) in [7, 11) is 0. The number of dihydropyridines is 1. The summed E-state index contributed by atoms with van der Waals surface area (Å²) in [5, 5.41) is 15.2. The van der Waals surface area contributed by atoms with Crippen molar-refractivity contribution in [2.24, 2.45) is 0 Å². The molecule has 1 unspecified atom stereocenters. The van der Waals surface area contributed by atoms with Crippen LogP contribution in [0, 0.1) is 0 Å². The van der Waals surface area contributed by atoms with E-state index in [0.717, 1.165) is 12.1 Å². The van der Waals surface area contributed by atoms with Crippen LogP contribution in [0.1, 0.15) is 5.56 Å². The van der Waals surface area contributed by atoms with E-state index in [9.17, 15) is 23.1 Å². The van der Waals surface area contributed by atoms with Gasteiger partial charge in [0.25, 0.3) is 5.91 Å². The number of hydrogen-bond donors (Lipinski definition) is 3. The maximum atomic E-state index is 12.6. The Labute approximate surface area is 166 Å². The van der Waals surface area contributed by atoms with Crippen molar-refractivity contribution in [2.45, 2.75) is 12.2 Å². The highest BCUT2D eigenvalue weighted by atomic mass is 79.9. The first-order chi connectivity index (χ1) is 13.2. The lowest BCUT2D eigenvalue weighted by molar-refractivity contribution is -0.137. The van der Waals surface area contributed by atoms with Gasteiger partial charge < -0.3 is 20.5 Å². The molecule has 0 saturated carbocycles. The molecule has 1 aliphatic heterocycles. The summed E-state index contributed by atoms with van der Waals surface area (Å²) in [6.45, 7) is 0. The molecular formula is C19H14BrF3N2O3. The minimum absolute atomic E-state index is 0.122. The zero-order valence-electron chi connectivity index (χ0n) is 14.1. The predicted molar refractivity (Wildman–Crippen MR) is 101 cm³/mol. The summed E-state index contributed by atoms with van der Waals surface area (Å²) in [5.41, 5.74) is -0.293. The van der Waals surface area contributed by atoms with Crippen molar-refractivity contribution in [3.63, 3.8) is 0 Å². The smallest absolute Gasteiger partial charge is 0.416 e. The maximum Gasteiger partial charge on any atom is 0.416 e. The number of ether oxygens (including phenoxy) is 1. The molecule has 0 fully saturated rings. The summed E-state index contributed by atoms with van der Waals surface area (Å²) in [4.78, 5) is 12.3. The third-order valence-electron chi connectivity index (χ3n) is 3.78. The predicted octanol–water partition coefficient (Wildman–Crippen LogP) is 5.09. The highest BCUT2D eigenvalue weighted by Gasteiger charge is 2.30. The van der Waals surface area contributed by atoms with E-state index >= 15 is 0 Å². The van der Waals surface area contributed by atoms with Crippen LogP contribution >= 0.6 is 15.9 Å². The number of anilines is 1. The minimum atomic E-state index is -4.40. The lowest BCUT2D eigenvalue weighted by atomic mass is 10.1. The first kappa shape index (κ1) is 19.8. The topological polar surface area (TPSA) is 70.6 Å². The summed E-state index contributed by atoms with van der Waals surface area (Å²) in [6.07, 6.45) is -1.42. The molecule has 28 heavy (non-hydrogen) atoms. The third kappa shape index (κ3) is 4.86. The number of amides is 1. The Balaban J connectivity index is 1.61. The summed E-state index contributed by atoms with van der Waals surface area (Å²) in [6, 6.07) is 9.68. The molecule has 1 heterocycles. The number of carbonyl (C=O) groups is 1. The number of aliphatic hydroxyl groups is 1. The van der Waals surface area contributed by atoms with Crippen LogP contribution in [0.3, 0.4) is 0 Å². The molecule has 0 bridgehead atoms. The zero-order valence-corrected chi connectivity index (χ0v) is 15.7. The number of benzene rings is 2. The fraction of sp³-hybridized carbons (Fsp3) is 0.105. The molecule has 0 spiro atoms. The fourth-order valence-electron chi connectivity index (χ4n) is 2.38. The van der Waals surface area contributed by atoms with Gasteiger partial charge in [0.2, 0.25) is 0 Å². The van der Waals surface area contributed by atoms with Crippen LogP contribution < -0.4 is 15.4 Å². The number of rotatable bonds is 4. The number of allylic oxidation sites excluding steroid dienone is 2. The number of alkyl halides is 3. The molecule has 1 atom stereocenters. The van der Waals surface area contributed by atoms with Gasteiger partial charge in [-0.25, -0.2) is 0 Å². The largest absolute Gasteiger partial charge is 0.510 e. The average Bonchev–Trinajstić information content (AvgIpc) is 2.65. The van der Waals surface area contributed by atoms with E-state index in [0.29, 0.717) is 16.0 Å². The Kier molecular flexibility index (Phi) is 5.64. The van der Waals surface area contributed by atoms with E-state index in [1.165, 1.54) is 18.2 Å². The quantitative estimate of drug-likeness (QED) is 0.563. The number of hydrogen-bond acceptors (Lipinski definition) is 4. The van der Waals surface area contributed by atoms with Gasteiger partial charge in [-0.3, -0.25) is 4.79 Å². The lowest BCUT2D eigenvalue weighted by Gasteiger charge is -2.21. The van der Waals surface area contributed by atoms with E-state index < -0.39 is 23.7 Å². The summed E-state index contributed by atoms with van der Waals surface area (Å²) < 4.78 is 43.8. The van der Waals surface area contributed by atoms with Crippen LogP contribution in [-0.4, -0.2) is 17.1 Å². The number of aliphatic hydroxyl groups excluding tert-OH is 1. The van der Waals surface area contributed by atoms with E-state index in [4.69, 9.17) is 4.74 Å². The van der Waals surface area contributed by atoms with Crippen LogP contribution in [0.25, 0.3) is 0 Å². The van der Waals surface area contributed by atoms with Gasteiger partial charge in [-0.15, -0.1) is 0 Å². The first-order valence-corrected chi connectivity index (χ1v) is 8.80. The van der Waals surface area contributed by atoms with Crippen LogP contribution in [0.2, 0.25) is 0 Å². The van der Waals surface area contributed by atoms with Gasteiger partial charge >= 0.3 is 6.18 Å². The highest BCUT2D eigenvalue weighted by Crippen LogP contribution is 2.31. The van der Waals surface area contributed by atoms with Crippen molar-refractivity contribution in [3.05, 3.63) is 76.6 Å². The Morgan fingerprint density at radius 1 is 1.04 bits per heavy atom. The Morgan fingerprint density at radius 3 is 2.18 bits per heavy atom. The van der Waals surface area contributed by atoms with Crippen molar-refractivity contribution < 1.29 is 27.8 Å². The second-order valence-corrected chi connectivity index (χ2v) is 6.68. The van der Waals surface area contributed by atoms with Gasteiger partial charge in [0.1, 0.15) is 17.3 Å². The van der Waals surface area contributed by atoms with E-state index in [-0.39, 0.29) is 11.5 Å². The van der Waals surface area contributed by atoms with Gasteiger partial charge in [0.15, 0.2) is 6.04 Å². The van der Waals surface area contributed by atoms with Crippen molar-refractivity contribution in [1.82, 2.24) is 5.32 Å². The molecule has 0 radical (unpaired) electrons. The second kappa shape index (κ2) is 7.97. The normalized spacial score (nSPS) is 16.5. The minimum Gasteiger partial charge on any atom is -0.510 e. The van der Waals surface area contributed by atoms with Crippen molar-refractivity contribution >= 4 is 27.5 Å². The molecule has 3 N–H and O–H groups in total. The molecule has 1 aliphatic rings. The van der Waals surface area contributed by atoms with Crippen molar-refractivity contribution in [2.75, 3.05) is 5.32 Å². The van der Waals surface area contributed by atoms with Crippen LogP contribution in [-0.2, 0) is 11.0 Å². The van der Waals surface area contributed by atoms with Crippen LogP contribution in [0.15, 0.2) is 71.0 Å². The van der Waals surface area contributed by atoms with Gasteiger partial charge in [0.05, 0.1) is 10.2 Å². The fourth-order valence-corrected chi connectivity index (χ4v) is 2.74. The number of halogens is 4. The molecule has 0 aromatic heterocycles. The van der Waals surface area contributed by atoms with E-state index in [1.807, 2.05) is 0 Å². The molecule has 3 rings (SSSR count). The molecule has 0 saturated heterocycles. The SMILES string of the molecule is O=C(Nc1ccc(Oc2ccc(C(F)(F)F)cc2)cc1)C1NC(Br)=CC=C1O. The second-order valence-electron chi connectivity index (χ2n) is 5.82. The first-order valence-electron chi connectivity index (χ1n) is 8.01. The number of carbonyl (C=O) groups excluding carboxylic acids is 1. The Hall–Kier alpha value is -2.94. The van der Waals surface area contributed by atoms with Crippen LogP contribution in [0.5, 0.6) is 11.5 Å². The maximum absolute atomic E-state index is 12.6. The molecule has 5 nitrogen and oxygen atoms in total. The molecule has 2 aromatic rings. The molecule has 146 valence electrons. The van der Waals surface area contributed by atoms with E-state index in [1.54, 1.807) is 30.3 Å². The zero-order chi connectivity index (χ0) is 20.3. The molecule has 2 aromatic carbocycles. The number of nitrogens with one attached hydrogen (secondary N) is 2. The monoisotopic (exact) mass is 454 g/mol. The highest BCUT2D eigenvalue weighted by molar-refractivity contribution is 9.11. The van der Waals surface area contributed by atoms with Crippen LogP contribution in [0.4, 0.5) is 18.9 Å². The average molecular weight is 455 g/mol. The Morgan fingerprint density at radius 2 is 1.61 bits per heavy atom. The molecular weight excluding hydrogens is 441 g/mol. The van der Waals surface area contributed by atoms with Gasteiger partial charge in [-0.05, 0) is 76.6 Å². The Bertz CT molecular complexity index is 923. The van der Waals surface area contributed by atoms with Gasteiger partial charge in [-0.1, -0.05) is 0 Å². The standard InChI is InChI=1S/C19H14BrF3N2O3/c20-16-10-9-15(26)17(25-16)18(27)24-12-3-7-14(8-4-12)28-13-5-1-11(2-6-13)19(21,22)23/h1-10,17,25-26H,(H,24,27).